The molecule has 0 saturated carbocycles. The number of rotatable bonds is 5. The summed E-state index contributed by atoms with van der Waals surface area (Å²) in [5.41, 5.74) is 5.49. The number of benzene rings is 1. The molecule has 1 aromatic carbocycles. The minimum Gasteiger partial charge on any atom is -0.495 e. The van der Waals surface area contributed by atoms with Crippen molar-refractivity contribution < 1.29 is 13.2 Å². The molecule has 6 heteroatoms. The van der Waals surface area contributed by atoms with Crippen molar-refractivity contribution in [2.45, 2.75) is 31.2 Å². The van der Waals surface area contributed by atoms with Crippen LogP contribution in [0.4, 0.5) is 5.69 Å². The molecule has 0 aliphatic rings. The van der Waals surface area contributed by atoms with Gasteiger partial charge in [0.05, 0.1) is 7.11 Å². The molecule has 0 aliphatic carbocycles. The maximum absolute atomic E-state index is 12.8. The minimum atomic E-state index is -3.73. The van der Waals surface area contributed by atoms with Gasteiger partial charge in [0.25, 0.3) is 0 Å². The fraction of sp³-hybridized carbons (Fsp3) is 0.429. The molecule has 0 saturated heterocycles. The van der Waals surface area contributed by atoms with Gasteiger partial charge in [-0.15, -0.1) is 6.58 Å². The topological polar surface area (TPSA) is 72.6 Å². The number of anilines is 1. The molecule has 2 N–H and O–H groups in total. The molecule has 1 aromatic rings. The van der Waals surface area contributed by atoms with Crippen molar-refractivity contribution in [1.82, 2.24) is 4.31 Å². The predicted octanol–water partition coefficient (Wildman–Crippen LogP) is 2.25. The highest BCUT2D eigenvalue weighted by Gasteiger charge is 2.35. The average Bonchev–Trinajstić information content (AvgIpc) is 2.34. The second-order valence-electron chi connectivity index (χ2n) is 5.41. The maximum Gasteiger partial charge on any atom is 0.247 e. The SMILES string of the molecule is C=CCN(C(C)(C)C)S(=O)(=O)c1cc(N)ccc1OC. The predicted molar refractivity (Wildman–Crippen MR) is 81.2 cm³/mol. The standard InChI is InChI=1S/C14H22N2O3S/c1-6-9-16(14(2,3)4)20(17,18)13-10-11(15)7-8-12(13)19-5/h6-8,10H,1,9,15H2,2-5H3. The summed E-state index contributed by atoms with van der Waals surface area (Å²) in [6.07, 6.45) is 1.56. The van der Waals surface area contributed by atoms with E-state index in [1.54, 1.807) is 18.2 Å². The molecule has 20 heavy (non-hydrogen) atoms. The van der Waals surface area contributed by atoms with E-state index in [0.29, 0.717) is 5.69 Å². The highest BCUT2D eigenvalue weighted by molar-refractivity contribution is 7.89. The van der Waals surface area contributed by atoms with Crippen LogP contribution in [0, 0.1) is 0 Å². The Morgan fingerprint density at radius 2 is 2.00 bits per heavy atom. The van der Waals surface area contributed by atoms with Gasteiger partial charge in [-0.05, 0) is 39.0 Å². The van der Waals surface area contributed by atoms with Gasteiger partial charge in [0.1, 0.15) is 10.6 Å². The molecule has 112 valence electrons. The molecule has 0 spiro atoms. The number of methoxy groups -OCH3 is 1. The Morgan fingerprint density at radius 1 is 1.40 bits per heavy atom. The fourth-order valence-electron chi connectivity index (χ4n) is 1.86. The average molecular weight is 298 g/mol. The molecule has 5 nitrogen and oxygen atoms in total. The summed E-state index contributed by atoms with van der Waals surface area (Å²) < 4.78 is 32.2. The summed E-state index contributed by atoms with van der Waals surface area (Å²) in [6, 6.07) is 4.57. The van der Waals surface area contributed by atoms with Crippen LogP contribution in [0.5, 0.6) is 5.75 Å². The largest absolute Gasteiger partial charge is 0.495 e. The minimum absolute atomic E-state index is 0.0665. The molecule has 0 bridgehead atoms. The van der Waals surface area contributed by atoms with E-state index < -0.39 is 15.6 Å². The lowest BCUT2D eigenvalue weighted by Gasteiger charge is -2.34. The second kappa shape index (κ2) is 5.85. The van der Waals surface area contributed by atoms with Gasteiger partial charge < -0.3 is 10.5 Å². The Balaban J connectivity index is 3.48. The first-order valence-corrected chi connectivity index (χ1v) is 7.66. The van der Waals surface area contributed by atoms with Crippen molar-refractivity contribution in [3.05, 3.63) is 30.9 Å². The Kier molecular flexibility index (Phi) is 4.83. The van der Waals surface area contributed by atoms with Crippen molar-refractivity contribution in [3.8, 4) is 5.75 Å². The number of nitrogens with two attached hydrogens (primary N) is 1. The number of hydrogen-bond acceptors (Lipinski definition) is 4. The molecule has 0 aromatic heterocycles. The molecule has 0 radical (unpaired) electrons. The molecule has 1 rings (SSSR count). The Bertz CT molecular complexity index is 589. The number of hydrogen-bond donors (Lipinski definition) is 1. The van der Waals surface area contributed by atoms with Crippen LogP contribution < -0.4 is 10.5 Å². The summed E-state index contributed by atoms with van der Waals surface area (Å²) >= 11 is 0. The van der Waals surface area contributed by atoms with Gasteiger partial charge in [-0.1, -0.05) is 6.08 Å². The zero-order valence-electron chi connectivity index (χ0n) is 12.4. The van der Waals surface area contributed by atoms with Crippen molar-refractivity contribution in [2.75, 3.05) is 19.4 Å². The quantitative estimate of drug-likeness (QED) is 0.668. The van der Waals surface area contributed by atoms with Crippen LogP contribution in [-0.2, 0) is 10.0 Å². The molecule has 0 aliphatic heterocycles. The number of ether oxygens (including phenoxy) is 1. The summed E-state index contributed by atoms with van der Waals surface area (Å²) in [5, 5.41) is 0. The van der Waals surface area contributed by atoms with E-state index >= 15 is 0 Å². The van der Waals surface area contributed by atoms with E-state index in [1.807, 2.05) is 20.8 Å². The Morgan fingerprint density at radius 3 is 2.45 bits per heavy atom. The second-order valence-corrected chi connectivity index (χ2v) is 7.24. The Hall–Kier alpha value is -1.53. The van der Waals surface area contributed by atoms with Crippen molar-refractivity contribution >= 4 is 15.7 Å². The molecule has 0 fully saturated rings. The number of nitrogens with zero attached hydrogens (tertiary/aromatic N) is 1. The van der Waals surface area contributed by atoms with Gasteiger partial charge in [0, 0.05) is 17.8 Å². The lowest BCUT2D eigenvalue weighted by Crippen LogP contribution is -2.45. The number of nitrogen functional groups attached to an aromatic ring is 1. The van der Waals surface area contributed by atoms with Gasteiger partial charge in [0.15, 0.2) is 0 Å². The van der Waals surface area contributed by atoms with Crippen LogP contribution in [0.1, 0.15) is 20.8 Å². The van der Waals surface area contributed by atoms with Gasteiger partial charge in [-0.2, -0.15) is 4.31 Å². The molecule has 0 atom stereocenters. The molecular formula is C14H22N2O3S. The van der Waals surface area contributed by atoms with E-state index in [2.05, 4.69) is 6.58 Å². The first-order chi connectivity index (χ1) is 9.14. The van der Waals surface area contributed by atoms with Gasteiger partial charge in [-0.3, -0.25) is 0 Å². The van der Waals surface area contributed by atoms with Gasteiger partial charge in [-0.25, -0.2) is 8.42 Å². The third-order valence-electron chi connectivity index (χ3n) is 2.80. The molecular weight excluding hydrogens is 276 g/mol. The first-order valence-electron chi connectivity index (χ1n) is 6.22. The van der Waals surface area contributed by atoms with Crippen LogP contribution in [-0.4, -0.2) is 31.9 Å². The number of sulfonamides is 1. The molecule has 0 heterocycles. The van der Waals surface area contributed by atoms with E-state index in [4.69, 9.17) is 10.5 Å². The van der Waals surface area contributed by atoms with Crippen LogP contribution in [0.15, 0.2) is 35.7 Å². The van der Waals surface area contributed by atoms with Crippen molar-refractivity contribution in [3.63, 3.8) is 0 Å². The summed E-state index contributed by atoms with van der Waals surface area (Å²) in [6.45, 7) is 9.31. The third kappa shape index (κ3) is 3.32. The smallest absolute Gasteiger partial charge is 0.247 e. The van der Waals surface area contributed by atoms with Crippen molar-refractivity contribution in [1.29, 1.82) is 0 Å². The first kappa shape index (κ1) is 16.5. The summed E-state index contributed by atoms with van der Waals surface area (Å²) in [4.78, 5) is 0.0665. The monoisotopic (exact) mass is 298 g/mol. The maximum atomic E-state index is 12.8. The van der Waals surface area contributed by atoms with Crippen LogP contribution >= 0.6 is 0 Å². The zero-order valence-corrected chi connectivity index (χ0v) is 13.2. The highest BCUT2D eigenvalue weighted by atomic mass is 32.2. The highest BCUT2D eigenvalue weighted by Crippen LogP contribution is 2.32. The van der Waals surface area contributed by atoms with E-state index in [1.165, 1.54) is 17.5 Å². The Labute approximate surface area is 121 Å². The van der Waals surface area contributed by atoms with Crippen LogP contribution in [0.25, 0.3) is 0 Å². The van der Waals surface area contributed by atoms with E-state index in [0.717, 1.165) is 0 Å². The van der Waals surface area contributed by atoms with E-state index in [9.17, 15) is 8.42 Å². The van der Waals surface area contributed by atoms with Crippen LogP contribution in [0.2, 0.25) is 0 Å². The molecule has 0 unspecified atom stereocenters. The van der Waals surface area contributed by atoms with Gasteiger partial charge in [0.2, 0.25) is 10.0 Å². The lowest BCUT2D eigenvalue weighted by molar-refractivity contribution is 0.268. The normalized spacial score (nSPS) is 12.4. The summed E-state index contributed by atoms with van der Waals surface area (Å²) in [5.74, 6) is 0.275. The van der Waals surface area contributed by atoms with Crippen LogP contribution in [0.3, 0.4) is 0 Å². The fourth-order valence-corrected chi connectivity index (χ4v) is 3.81. The molecule has 0 amide bonds. The summed E-state index contributed by atoms with van der Waals surface area (Å²) in [7, 11) is -2.30. The van der Waals surface area contributed by atoms with E-state index in [-0.39, 0.29) is 17.2 Å². The zero-order chi connectivity index (χ0) is 15.6. The lowest BCUT2D eigenvalue weighted by atomic mass is 10.1. The van der Waals surface area contributed by atoms with Crippen molar-refractivity contribution in [2.24, 2.45) is 0 Å². The third-order valence-corrected chi connectivity index (χ3v) is 4.95. The van der Waals surface area contributed by atoms with Gasteiger partial charge >= 0.3 is 0 Å².